The average molecular weight is 512 g/mol. The van der Waals surface area contributed by atoms with Crippen LogP contribution in [0.2, 0.25) is 0 Å². The highest BCUT2D eigenvalue weighted by Crippen LogP contribution is 2.38. The second-order valence-corrected chi connectivity index (χ2v) is 7.95. The molecule has 0 unspecified atom stereocenters. The van der Waals surface area contributed by atoms with E-state index in [0.717, 1.165) is 23.3 Å². The van der Waals surface area contributed by atoms with Crippen molar-refractivity contribution in [1.82, 2.24) is 4.90 Å². The fraction of sp³-hybridized carbons (Fsp3) is 0.333. The second kappa shape index (κ2) is 10.4. The molecule has 0 saturated carbocycles. The summed E-state index contributed by atoms with van der Waals surface area (Å²) in [5, 5.41) is 2.14. The van der Waals surface area contributed by atoms with Crippen molar-refractivity contribution in [3.05, 3.63) is 53.6 Å². The zero-order valence-electron chi connectivity index (χ0n) is 18.7. The van der Waals surface area contributed by atoms with Gasteiger partial charge in [-0.1, -0.05) is 12.1 Å². The monoisotopic (exact) mass is 512 g/mol. The quantitative estimate of drug-likeness (QED) is 0.476. The first-order valence-corrected chi connectivity index (χ1v) is 10.9. The molecule has 0 fully saturated rings. The summed E-state index contributed by atoms with van der Waals surface area (Å²) >= 11 is 0. The normalized spacial score (nSPS) is 15.4. The van der Waals surface area contributed by atoms with Crippen molar-refractivity contribution in [3.8, 4) is 17.2 Å². The molecule has 4 rings (SSSR count). The maximum Gasteiger partial charge on any atom is 0.420 e. The van der Waals surface area contributed by atoms with Crippen LogP contribution < -0.4 is 19.5 Å². The third-order valence-electron chi connectivity index (χ3n) is 5.51. The van der Waals surface area contributed by atoms with Gasteiger partial charge in [0.25, 0.3) is 6.43 Å². The molecule has 0 atom stereocenters. The number of alkyl halides is 5. The summed E-state index contributed by atoms with van der Waals surface area (Å²) in [5.41, 5.74) is 0.170. The van der Waals surface area contributed by atoms with Crippen LogP contribution in [0, 0.1) is 0 Å². The summed E-state index contributed by atoms with van der Waals surface area (Å²) < 4.78 is 80.3. The van der Waals surface area contributed by atoms with E-state index in [4.69, 9.17) is 9.47 Å². The van der Waals surface area contributed by atoms with Crippen molar-refractivity contribution >= 4 is 23.1 Å². The summed E-state index contributed by atoms with van der Waals surface area (Å²) in [6.45, 7) is 0.0557. The lowest BCUT2D eigenvalue weighted by Gasteiger charge is -2.27. The molecule has 0 saturated heterocycles. The number of amides is 2. The summed E-state index contributed by atoms with van der Waals surface area (Å²) in [6.07, 6.45) is -5.65. The van der Waals surface area contributed by atoms with Gasteiger partial charge in [-0.2, -0.15) is 13.2 Å². The molecule has 192 valence electrons. The number of fused-ring (bicyclic) bond motifs is 1. The number of carbonyl (C=O) groups is 2. The van der Waals surface area contributed by atoms with Crippen molar-refractivity contribution < 1.29 is 45.8 Å². The molecule has 0 bridgehead atoms. The Bertz CT molecular complexity index is 1180. The number of ether oxygens (including phenoxy) is 3. The van der Waals surface area contributed by atoms with Gasteiger partial charge in [0.05, 0.1) is 5.56 Å². The fourth-order valence-electron chi connectivity index (χ4n) is 3.79. The van der Waals surface area contributed by atoms with Crippen LogP contribution in [-0.2, 0) is 15.8 Å². The molecule has 2 heterocycles. The lowest BCUT2D eigenvalue weighted by Crippen LogP contribution is -2.41. The number of anilines is 1. The third-order valence-corrected chi connectivity index (χ3v) is 5.51. The van der Waals surface area contributed by atoms with E-state index < -0.39 is 42.3 Å². The molecule has 2 aromatic rings. The molecule has 36 heavy (non-hydrogen) atoms. The lowest BCUT2D eigenvalue weighted by molar-refractivity contribution is -0.142. The molecular weight excluding hydrogens is 491 g/mol. The highest BCUT2D eigenvalue weighted by molar-refractivity contribution is 6.39. The van der Waals surface area contributed by atoms with E-state index in [0.29, 0.717) is 37.2 Å². The number of hydrogen-bond acceptors (Lipinski definition) is 5. The molecule has 2 aromatic carbocycles. The highest BCUT2D eigenvalue weighted by Gasteiger charge is 2.35. The van der Waals surface area contributed by atoms with Crippen LogP contribution in [0.5, 0.6) is 17.2 Å². The van der Waals surface area contributed by atoms with E-state index in [9.17, 15) is 31.5 Å². The van der Waals surface area contributed by atoms with Gasteiger partial charge in [-0.15, -0.1) is 0 Å². The van der Waals surface area contributed by atoms with Crippen molar-refractivity contribution in [2.45, 2.75) is 19.0 Å². The maximum atomic E-state index is 13.3. The van der Waals surface area contributed by atoms with Crippen LogP contribution in [-0.4, -0.2) is 56.0 Å². The Balaban J connectivity index is 1.40. The SMILES string of the molecule is O=C(Nc1ccc(OCC(F)F)c(C(F)(F)F)c1)C(=O)N1CC=C(c2ccc3c(c2)OCCO3)CC1. The summed E-state index contributed by atoms with van der Waals surface area (Å²) in [5.74, 6) is -1.57. The predicted octanol–water partition coefficient (Wildman–Crippen LogP) is 4.37. The van der Waals surface area contributed by atoms with Crippen molar-refractivity contribution in [1.29, 1.82) is 0 Å². The van der Waals surface area contributed by atoms with Crippen LogP contribution in [0.1, 0.15) is 17.5 Å². The number of nitrogens with one attached hydrogen (secondary N) is 1. The van der Waals surface area contributed by atoms with Crippen LogP contribution in [0.25, 0.3) is 5.57 Å². The predicted molar refractivity (Wildman–Crippen MR) is 118 cm³/mol. The molecule has 0 aliphatic carbocycles. The maximum absolute atomic E-state index is 13.3. The van der Waals surface area contributed by atoms with E-state index in [1.54, 1.807) is 12.1 Å². The van der Waals surface area contributed by atoms with Crippen LogP contribution in [0.4, 0.5) is 27.6 Å². The second-order valence-electron chi connectivity index (χ2n) is 7.95. The van der Waals surface area contributed by atoms with Gasteiger partial charge in [0.2, 0.25) is 0 Å². The molecule has 0 radical (unpaired) electrons. The summed E-state index contributed by atoms with van der Waals surface area (Å²) in [6, 6.07) is 7.90. The van der Waals surface area contributed by atoms with Gasteiger partial charge in [-0.25, -0.2) is 8.78 Å². The van der Waals surface area contributed by atoms with E-state index in [1.165, 1.54) is 4.90 Å². The molecule has 0 spiro atoms. The standard InChI is InChI=1S/C24H21F5N2O5/c25-21(26)13-36-18-4-2-16(12-17(18)24(27,28)29)30-22(32)23(33)31-7-5-14(6-8-31)15-1-3-19-20(11-15)35-10-9-34-19/h1-5,11-12,21H,6-10,13H2,(H,30,32). The average Bonchev–Trinajstić information content (AvgIpc) is 2.86. The van der Waals surface area contributed by atoms with Gasteiger partial charge < -0.3 is 24.4 Å². The Hall–Kier alpha value is -3.83. The molecule has 1 N–H and O–H groups in total. The van der Waals surface area contributed by atoms with Gasteiger partial charge >= 0.3 is 18.0 Å². The summed E-state index contributed by atoms with van der Waals surface area (Å²) in [4.78, 5) is 26.3. The van der Waals surface area contributed by atoms with Crippen LogP contribution in [0.3, 0.4) is 0 Å². The topological polar surface area (TPSA) is 77.1 Å². The van der Waals surface area contributed by atoms with Gasteiger partial charge in [0.15, 0.2) is 11.5 Å². The van der Waals surface area contributed by atoms with Crippen molar-refractivity contribution in [2.75, 3.05) is 38.2 Å². The zero-order valence-corrected chi connectivity index (χ0v) is 18.7. The first-order valence-electron chi connectivity index (χ1n) is 10.9. The molecular formula is C24H21F5N2O5. The van der Waals surface area contributed by atoms with Gasteiger partial charge in [-0.05, 0) is 47.9 Å². The van der Waals surface area contributed by atoms with Crippen molar-refractivity contribution in [2.24, 2.45) is 0 Å². The largest absolute Gasteiger partial charge is 0.487 e. The molecule has 2 aliphatic heterocycles. The number of rotatable bonds is 5. The molecule has 0 aromatic heterocycles. The first-order chi connectivity index (χ1) is 17.1. The Kier molecular flexibility index (Phi) is 7.32. The molecule has 2 aliphatic rings. The van der Waals surface area contributed by atoms with Crippen LogP contribution in [0.15, 0.2) is 42.5 Å². The van der Waals surface area contributed by atoms with Gasteiger partial charge in [0.1, 0.15) is 25.6 Å². The Morgan fingerprint density at radius 3 is 2.47 bits per heavy atom. The summed E-state index contributed by atoms with van der Waals surface area (Å²) in [7, 11) is 0. The minimum atomic E-state index is -4.93. The van der Waals surface area contributed by atoms with Gasteiger partial charge in [0, 0.05) is 18.8 Å². The smallest absolute Gasteiger partial charge is 0.420 e. The lowest BCUT2D eigenvalue weighted by atomic mass is 9.99. The number of carbonyl (C=O) groups excluding carboxylic acids is 2. The minimum Gasteiger partial charge on any atom is -0.487 e. The first kappa shape index (κ1) is 25.3. The van der Waals surface area contributed by atoms with Gasteiger partial charge in [-0.3, -0.25) is 9.59 Å². The van der Waals surface area contributed by atoms with E-state index in [1.807, 2.05) is 12.1 Å². The number of nitrogens with zero attached hydrogens (tertiary/aromatic N) is 1. The van der Waals surface area contributed by atoms with E-state index in [2.05, 4.69) is 10.1 Å². The molecule has 12 heteroatoms. The number of halogens is 5. The molecule has 7 nitrogen and oxygen atoms in total. The Labute approximate surface area is 202 Å². The van der Waals surface area contributed by atoms with Crippen molar-refractivity contribution in [3.63, 3.8) is 0 Å². The minimum absolute atomic E-state index is 0.129. The Morgan fingerprint density at radius 2 is 1.81 bits per heavy atom. The highest BCUT2D eigenvalue weighted by atomic mass is 19.4. The Morgan fingerprint density at radius 1 is 1.06 bits per heavy atom. The molecule has 2 amide bonds. The third kappa shape index (κ3) is 5.86. The van der Waals surface area contributed by atoms with E-state index >= 15 is 0 Å². The number of benzene rings is 2. The number of hydrogen-bond donors (Lipinski definition) is 1. The van der Waals surface area contributed by atoms with E-state index in [-0.39, 0.29) is 18.8 Å². The van der Waals surface area contributed by atoms with Crippen LogP contribution >= 0.6 is 0 Å². The fourth-order valence-corrected chi connectivity index (χ4v) is 3.79. The zero-order chi connectivity index (χ0) is 25.9.